The molecule has 1 unspecified atom stereocenters. The molecule has 0 aromatic rings. The Morgan fingerprint density at radius 1 is 1.32 bits per heavy atom. The quantitative estimate of drug-likeness (QED) is 0.479. The van der Waals surface area contributed by atoms with E-state index in [2.05, 4.69) is 0 Å². The Hall–Kier alpha value is -0.840. The van der Waals surface area contributed by atoms with E-state index >= 15 is 0 Å². The first-order chi connectivity index (χ1) is 9.02. The molecule has 1 atom stereocenters. The van der Waals surface area contributed by atoms with Gasteiger partial charge in [0.1, 0.15) is 0 Å². The Kier molecular flexibility index (Phi) is 13.2. The standard InChI is InChI=1S/C10H16N2O2S.2C2H6/c1-7(11)4-3-5-15-8-6-9(13)12(2)10(8)14;2*1-2/h8,11H,3-6H2,1-2H3;2*1-2H3. The highest BCUT2D eigenvalue weighted by Crippen LogP contribution is 2.24. The van der Waals surface area contributed by atoms with Crippen molar-refractivity contribution in [1.29, 1.82) is 5.41 Å². The summed E-state index contributed by atoms with van der Waals surface area (Å²) in [6.45, 7) is 9.78. The zero-order valence-corrected chi connectivity index (χ0v) is 13.9. The van der Waals surface area contributed by atoms with Crippen LogP contribution < -0.4 is 0 Å². The van der Waals surface area contributed by atoms with Gasteiger partial charge in [-0.15, -0.1) is 11.8 Å². The van der Waals surface area contributed by atoms with E-state index in [9.17, 15) is 9.59 Å². The number of nitrogens with one attached hydrogen (secondary N) is 1. The largest absolute Gasteiger partial charge is 0.310 e. The highest BCUT2D eigenvalue weighted by atomic mass is 32.2. The van der Waals surface area contributed by atoms with Crippen molar-refractivity contribution in [2.75, 3.05) is 12.8 Å². The first kappa shape index (κ1) is 20.5. The van der Waals surface area contributed by atoms with Gasteiger partial charge in [0.15, 0.2) is 0 Å². The topological polar surface area (TPSA) is 61.2 Å². The number of amides is 2. The lowest BCUT2D eigenvalue weighted by atomic mass is 10.2. The maximum atomic E-state index is 11.5. The fourth-order valence-electron chi connectivity index (χ4n) is 1.41. The molecular formula is C14H28N2O2S. The average Bonchev–Trinajstić information content (AvgIpc) is 2.67. The lowest BCUT2D eigenvalue weighted by Gasteiger charge is -2.07. The fourth-order valence-corrected chi connectivity index (χ4v) is 2.57. The van der Waals surface area contributed by atoms with Crippen LogP contribution in [-0.2, 0) is 9.59 Å². The molecule has 19 heavy (non-hydrogen) atoms. The summed E-state index contributed by atoms with van der Waals surface area (Å²) >= 11 is 1.53. The van der Waals surface area contributed by atoms with Crippen LogP contribution in [0.2, 0.25) is 0 Å². The third-order valence-corrected chi connectivity index (χ3v) is 3.65. The fraction of sp³-hybridized carbons (Fsp3) is 0.786. The summed E-state index contributed by atoms with van der Waals surface area (Å²) in [5.74, 6) is 0.686. The third-order valence-electron chi connectivity index (χ3n) is 2.36. The number of carbonyl (C=O) groups excluding carboxylic acids is 2. The summed E-state index contributed by atoms with van der Waals surface area (Å²) in [7, 11) is 1.53. The summed E-state index contributed by atoms with van der Waals surface area (Å²) in [6, 6.07) is 0. The van der Waals surface area contributed by atoms with Crippen LogP contribution in [0.3, 0.4) is 0 Å². The number of likely N-dealkylation sites (tertiary alicyclic amines) is 1. The summed E-state index contributed by atoms with van der Waals surface area (Å²) in [5.41, 5.74) is 0.668. The summed E-state index contributed by atoms with van der Waals surface area (Å²) in [6.07, 6.45) is 2.02. The number of hydrogen-bond donors (Lipinski definition) is 1. The Balaban J connectivity index is 0. The van der Waals surface area contributed by atoms with Gasteiger partial charge in [-0.25, -0.2) is 0 Å². The van der Waals surface area contributed by atoms with Crippen molar-refractivity contribution in [3.05, 3.63) is 0 Å². The van der Waals surface area contributed by atoms with Crippen LogP contribution in [-0.4, -0.2) is 40.5 Å². The van der Waals surface area contributed by atoms with Crippen LogP contribution in [0, 0.1) is 5.41 Å². The molecule has 0 radical (unpaired) electrons. The van der Waals surface area contributed by atoms with Crippen LogP contribution in [0.4, 0.5) is 0 Å². The zero-order valence-electron chi connectivity index (χ0n) is 13.1. The Bertz CT molecular complexity index is 293. The van der Waals surface area contributed by atoms with Crippen LogP contribution in [0.15, 0.2) is 0 Å². The van der Waals surface area contributed by atoms with Gasteiger partial charge < -0.3 is 5.41 Å². The molecule has 1 N–H and O–H groups in total. The van der Waals surface area contributed by atoms with Crippen molar-refractivity contribution in [2.24, 2.45) is 0 Å². The number of thioether (sulfide) groups is 1. The molecule has 0 spiro atoms. The molecule has 5 heteroatoms. The highest BCUT2D eigenvalue weighted by molar-refractivity contribution is 8.00. The van der Waals surface area contributed by atoms with Gasteiger partial charge >= 0.3 is 0 Å². The van der Waals surface area contributed by atoms with Gasteiger partial charge in [0.05, 0.1) is 5.25 Å². The monoisotopic (exact) mass is 288 g/mol. The van der Waals surface area contributed by atoms with Crippen molar-refractivity contribution in [3.8, 4) is 0 Å². The van der Waals surface area contributed by atoms with Crippen molar-refractivity contribution >= 4 is 29.3 Å². The molecular weight excluding hydrogens is 260 g/mol. The maximum Gasteiger partial charge on any atom is 0.242 e. The molecule has 1 aliphatic rings. The van der Waals surface area contributed by atoms with E-state index in [1.807, 2.05) is 27.7 Å². The van der Waals surface area contributed by atoms with Crippen LogP contribution in [0.25, 0.3) is 0 Å². The minimum Gasteiger partial charge on any atom is -0.310 e. The second-order valence-corrected chi connectivity index (χ2v) is 5.05. The molecule has 0 bridgehead atoms. The summed E-state index contributed by atoms with van der Waals surface area (Å²) in [5, 5.41) is 7.06. The molecule has 0 aromatic carbocycles. The van der Waals surface area contributed by atoms with E-state index in [-0.39, 0.29) is 17.1 Å². The van der Waals surface area contributed by atoms with Crippen LogP contribution in [0.1, 0.15) is 53.9 Å². The van der Waals surface area contributed by atoms with E-state index < -0.39 is 0 Å². The molecule has 0 aromatic heterocycles. The summed E-state index contributed by atoms with van der Waals surface area (Å²) < 4.78 is 0. The molecule has 1 aliphatic heterocycles. The first-order valence-corrected chi connectivity index (χ1v) is 8.03. The van der Waals surface area contributed by atoms with E-state index in [1.54, 1.807) is 6.92 Å². The molecule has 2 amide bonds. The van der Waals surface area contributed by atoms with Gasteiger partial charge in [0.25, 0.3) is 0 Å². The Labute approximate surface area is 121 Å². The van der Waals surface area contributed by atoms with Crippen molar-refractivity contribution in [2.45, 2.75) is 59.1 Å². The molecule has 1 saturated heterocycles. The van der Waals surface area contributed by atoms with E-state index in [0.717, 1.165) is 18.6 Å². The number of imide groups is 1. The number of rotatable bonds is 5. The van der Waals surface area contributed by atoms with Crippen molar-refractivity contribution in [3.63, 3.8) is 0 Å². The Morgan fingerprint density at radius 2 is 1.84 bits per heavy atom. The minimum absolute atomic E-state index is 0.0726. The maximum absolute atomic E-state index is 11.5. The smallest absolute Gasteiger partial charge is 0.242 e. The molecule has 4 nitrogen and oxygen atoms in total. The van der Waals surface area contributed by atoms with Crippen LogP contribution >= 0.6 is 11.8 Å². The molecule has 1 heterocycles. The number of carbonyl (C=O) groups is 2. The molecule has 1 fully saturated rings. The van der Waals surface area contributed by atoms with Gasteiger partial charge in [-0.1, -0.05) is 27.7 Å². The third kappa shape index (κ3) is 8.03. The van der Waals surface area contributed by atoms with Gasteiger partial charge in [-0.3, -0.25) is 14.5 Å². The van der Waals surface area contributed by atoms with Crippen molar-refractivity contribution in [1.82, 2.24) is 4.90 Å². The second-order valence-electron chi connectivity index (χ2n) is 3.74. The van der Waals surface area contributed by atoms with E-state index in [1.165, 1.54) is 23.7 Å². The van der Waals surface area contributed by atoms with E-state index in [0.29, 0.717) is 12.1 Å². The zero-order chi connectivity index (χ0) is 15.4. The SMILES string of the molecule is CC.CC.CC(=N)CCCSC1CC(=O)N(C)C1=O. The van der Waals surface area contributed by atoms with Crippen LogP contribution in [0.5, 0.6) is 0 Å². The Morgan fingerprint density at radius 3 is 2.21 bits per heavy atom. The molecule has 1 rings (SSSR count). The second kappa shape index (κ2) is 12.2. The number of nitrogens with zero attached hydrogens (tertiary/aromatic N) is 1. The van der Waals surface area contributed by atoms with Gasteiger partial charge in [0.2, 0.25) is 11.8 Å². The molecule has 0 saturated carbocycles. The molecule has 112 valence electrons. The first-order valence-electron chi connectivity index (χ1n) is 6.98. The lowest BCUT2D eigenvalue weighted by Crippen LogP contribution is -2.26. The predicted molar refractivity (Wildman–Crippen MR) is 84.0 cm³/mol. The normalized spacial score (nSPS) is 17.4. The van der Waals surface area contributed by atoms with E-state index in [4.69, 9.17) is 5.41 Å². The van der Waals surface area contributed by atoms with Crippen molar-refractivity contribution < 1.29 is 9.59 Å². The average molecular weight is 288 g/mol. The van der Waals surface area contributed by atoms with Gasteiger partial charge in [0, 0.05) is 19.2 Å². The van der Waals surface area contributed by atoms with Gasteiger partial charge in [-0.05, 0) is 25.5 Å². The van der Waals surface area contributed by atoms with Gasteiger partial charge in [-0.2, -0.15) is 0 Å². The minimum atomic E-state index is -0.187. The molecule has 0 aliphatic carbocycles. The lowest BCUT2D eigenvalue weighted by molar-refractivity contribution is -0.136. The number of hydrogen-bond acceptors (Lipinski definition) is 4. The highest BCUT2D eigenvalue weighted by Gasteiger charge is 2.35. The summed E-state index contributed by atoms with van der Waals surface area (Å²) in [4.78, 5) is 23.9. The predicted octanol–water partition coefficient (Wildman–Crippen LogP) is 3.35.